The maximum absolute atomic E-state index is 12.5. The Bertz CT molecular complexity index is 318. The summed E-state index contributed by atoms with van der Waals surface area (Å²) in [6.45, 7) is 3.19. The predicted octanol–water partition coefficient (Wildman–Crippen LogP) is 1.11. The molecule has 0 bridgehead atoms. The molecule has 1 atom stereocenters. The fraction of sp³-hybridized carbons (Fsp3) is 0.917. The Labute approximate surface area is 111 Å². The van der Waals surface area contributed by atoms with Crippen LogP contribution in [0.5, 0.6) is 0 Å². The third-order valence-electron chi connectivity index (χ3n) is 3.53. The lowest BCUT2D eigenvalue weighted by Crippen LogP contribution is -2.63. The van der Waals surface area contributed by atoms with Gasteiger partial charge in [0.2, 0.25) is 5.91 Å². The SMILES string of the molecule is CCNC(CN(CC)CC(F)(F)F)(C(N)=O)C1CC1. The van der Waals surface area contributed by atoms with Crippen LogP contribution in [0.2, 0.25) is 0 Å². The molecule has 0 heterocycles. The predicted molar refractivity (Wildman–Crippen MR) is 66.5 cm³/mol. The molecule has 4 nitrogen and oxygen atoms in total. The first-order valence-corrected chi connectivity index (χ1v) is 6.59. The van der Waals surface area contributed by atoms with Gasteiger partial charge >= 0.3 is 6.18 Å². The van der Waals surface area contributed by atoms with Crippen molar-refractivity contribution in [2.75, 3.05) is 26.2 Å². The van der Waals surface area contributed by atoms with Gasteiger partial charge in [-0.3, -0.25) is 9.69 Å². The summed E-state index contributed by atoms with van der Waals surface area (Å²) in [6.07, 6.45) is -2.60. The van der Waals surface area contributed by atoms with Crippen molar-refractivity contribution in [3.63, 3.8) is 0 Å². The second kappa shape index (κ2) is 6.09. The molecular formula is C12H22F3N3O. The molecule has 1 fully saturated rings. The standard InChI is InChI=1S/C12H22F3N3O/c1-3-17-11(10(16)19,9-5-6-9)7-18(4-2)8-12(13,14)15/h9,17H,3-8H2,1-2H3,(H2,16,19). The molecule has 0 spiro atoms. The summed E-state index contributed by atoms with van der Waals surface area (Å²) in [4.78, 5) is 13.0. The number of rotatable bonds is 8. The number of nitrogens with zero attached hydrogens (tertiary/aromatic N) is 1. The second-order valence-electron chi connectivity index (χ2n) is 5.06. The number of nitrogens with two attached hydrogens (primary N) is 1. The molecule has 1 aliphatic rings. The van der Waals surface area contributed by atoms with Crippen molar-refractivity contribution in [1.82, 2.24) is 10.2 Å². The number of carbonyl (C=O) groups excluding carboxylic acids is 1. The van der Waals surface area contributed by atoms with Crippen LogP contribution in [-0.2, 0) is 4.79 Å². The highest BCUT2D eigenvalue weighted by Crippen LogP contribution is 2.40. The Hall–Kier alpha value is -0.820. The number of amides is 1. The van der Waals surface area contributed by atoms with Crippen molar-refractivity contribution in [2.45, 2.75) is 38.4 Å². The van der Waals surface area contributed by atoms with Gasteiger partial charge < -0.3 is 11.1 Å². The van der Waals surface area contributed by atoms with E-state index in [9.17, 15) is 18.0 Å². The lowest BCUT2D eigenvalue weighted by atomic mass is 9.91. The summed E-state index contributed by atoms with van der Waals surface area (Å²) in [6, 6.07) is 0. The van der Waals surface area contributed by atoms with Gasteiger partial charge in [0.1, 0.15) is 5.54 Å². The van der Waals surface area contributed by atoms with Crippen LogP contribution in [0.15, 0.2) is 0 Å². The zero-order valence-corrected chi connectivity index (χ0v) is 11.4. The Kier molecular flexibility index (Phi) is 5.20. The van der Waals surface area contributed by atoms with E-state index in [4.69, 9.17) is 5.73 Å². The Morgan fingerprint density at radius 3 is 2.21 bits per heavy atom. The largest absolute Gasteiger partial charge is 0.401 e. The average Bonchev–Trinajstić information content (AvgIpc) is 3.09. The van der Waals surface area contributed by atoms with E-state index >= 15 is 0 Å². The zero-order valence-electron chi connectivity index (χ0n) is 11.4. The van der Waals surface area contributed by atoms with Gasteiger partial charge in [-0.2, -0.15) is 13.2 Å². The van der Waals surface area contributed by atoms with Crippen molar-refractivity contribution < 1.29 is 18.0 Å². The molecule has 7 heteroatoms. The molecule has 1 unspecified atom stereocenters. The number of primary amides is 1. The lowest BCUT2D eigenvalue weighted by Gasteiger charge is -2.37. The quantitative estimate of drug-likeness (QED) is 0.701. The summed E-state index contributed by atoms with van der Waals surface area (Å²) in [7, 11) is 0. The van der Waals surface area contributed by atoms with E-state index < -0.39 is 24.2 Å². The van der Waals surface area contributed by atoms with Crippen LogP contribution in [-0.4, -0.2) is 48.7 Å². The minimum atomic E-state index is -4.27. The third kappa shape index (κ3) is 4.35. The molecule has 0 aromatic rings. The van der Waals surface area contributed by atoms with Gasteiger partial charge in [0.15, 0.2) is 0 Å². The Morgan fingerprint density at radius 2 is 1.89 bits per heavy atom. The lowest BCUT2D eigenvalue weighted by molar-refractivity contribution is -0.150. The van der Waals surface area contributed by atoms with E-state index in [0.717, 1.165) is 12.8 Å². The van der Waals surface area contributed by atoms with Crippen molar-refractivity contribution in [3.8, 4) is 0 Å². The minimum absolute atomic E-state index is 0.0108. The summed E-state index contributed by atoms with van der Waals surface area (Å²) in [5.74, 6) is -0.510. The molecule has 1 aliphatic carbocycles. The van der Waals surface area contributed by atoms with E-state index in [1.807, 2.05) is 6.92 Å². The molecule has 1 amide bonds. The van der Waals surface area contributed by atoms with Gasteiger partial charge in [0.25, 0.3) is 0 Å². The molecule has 1 rings (SSSR count). The van der Waals surface area contributed by atoms with E-state index in [1.165, 1.54) is 4.90 Å². The van der Waals surface area contributed by atoms with Gasteiger partial charge in [0.05, 0.1) is 6.54 Å². The minimum Gasteiger partial charge on any atom is -0.368 e. The molecule has 3 N–H and O–H groups in total. The van der Waals surface area contributed by atoms with Crippen LogP contribution in [0.3, 0.4) is 0 Å². The number of carbonyl (C=O) groups is 1. The van der Waals surface area contributed by atoms with Crippen LogP contribution in [0.4, 0.5) is 13.2 Å². The zero-order chi connectivity index (χ0) is 14.7. The summed E-state index contributed by atoms with van der Waals surface area (Å²) >= 11 is 0. The molecule has 0 radical (unpaired) electrons. The first kappa shape index (κ1) is 16.2. The highest BCUT2D eigenvalue weighted by atomic mass is 19.4. The normalized spacial score (nSPS) is 19.5. The fourth-order valence-electron chi connectivity index (χ4n) is 2.47. The maximum Gasteiger partial charge on any atom is 0.401 e. The van der Waals surface area contributed by atoms with Crippen LogP contribution in [0, 0.1) is 5.92 Å². The molecule has 112 valence electrons. The van der Waals surface area contributed by atoms with E-state index in [-0.39, 0.29) is 19.0 Å². The monoisotopic (exact) mass is 281 g/mol. The average molecular weight is 281 g/mol. The fourth-order valence-corrected chi connectivity index (χ4v) is 2.47. The van der Waals surface area contributed by atoms with Gasteiger partial charge in [-0.1, -0.05) is 13.8 Å². The van der Waals surface area contributed by atoms with Crippen molar-refractivity contribution >= 4 is 5.91 Å². The number of hydrogen-bond acceptors (Lipinski definition) is 3. The van der Waals surface area contributed by atoms with Crippen molar-refractivity contribution in [1.29, 1.82) is 0 Å². The summed E-state index contributed by atoms with van der Waals surface area (Å²) in [5.41, 5.74) is 4.42. The van der Waals surface area contributed by atoms with Crippen molar-refractivity contribution in [2.24, 2.45) is 11.7 Å². The first-order chi connectivity index (χ1) is 8.75. The first-order valence-electron chi connectivity index (χ1n) is 6.59. The topological polar surface area (TPSA) is 58.4 Å². The molecule has 19 heavy (non-hydrogen) atoms. The maximum atomic E-state index is 12.5. The van der Waals surface area contributed by atoms with Crippen LogP contribution in [0.25, 0.3) is 0 Å². The smallest absolute Gasteiger partial charge is 0.368 e. The van der Waals surface area contributed by atoms with Gasteiger partial charge in [0, 0.05) is 6.54 Å². The molecule has 0 aliphatic heterocycles. The highest BCUT2D eigenvalue weighted by molar-refractivity contribution is 5.86. The van der Waals surface area contributed by atoms with Gasteiger partial charge in [-0.15, -0.1) is 0 Å². The molecule has 0 aromatic heterocycles. The van der Waals surface area contributed by atoms with E-state index in [0.29, 0.717) is 6.54 Å². The number of likely N-dealkylation sites (N-methyl/N-ethyl adjacent to an activating group) is 2. The number of nitrogens with one attached hydrogen (secondary N) is 1. The highest BCUT2D eigenvalue weighted by Gasteiger charge is 2.50. The molecule has 0 aromatic carbocycles. The Morgan fingerprint density at radius 1 is 1.32 bits per heavy atom. The number of alkyl halides is 3. The molecule has 1 saturated carbocycles. The molecular weight excluding hydrogens is 259 g/mol. The Balaban J connectivity index is 2.83. The van der Waals surface area contributed by atoms with Gasteiger partial charge in [-0.25, -0.2) is 0 Å². The number of halogens is 3. The van der Waals surface area contributed by atoms with Gasteiger partial charge in [-0.05, 0) is 31.8 Å². The van der Waals surface area contributed by atoms with Crippen LogP contribution < -0.4 is 11.1 Å². The van der Waals surface area contributed by atoms with E-state index in [1.54, 1.807) is 6.92 Å². The van der Waals surface area contributed by atoms with Crippen LogP contribution >= 0.6 is 0 Å². The third-order valence-corrected chi connectivity index (χ3v) is 3.53. The summed E-state index contributed by atoms with van der Waals surface area (Å²) in [5, 5.41) is 3.02. The van der Waals surface area contributed by atoms with E-state index in [2.05, 4.69) is 5.32 Å². The van der Waals surface area contributed by atoms with Crippen LogP contribution in [0.1, 0.15) is 26.7 Å². The van der Waals surface area contributed by atoms with Crippen molar-refractivity contribution in [3.05, 3.63) is 0 Å². The molecule has 0 saturated heterocycles. The number of hydrogen-bond donors (Lipinski definition) is 2. The second-order valence-corrected chi connectivity index (χ2v) is 5.06. The summed E-state index contributed by atoms with van der Waals surface area (Å²) < 4.78 is 37.5.